The van der Waals surface area contributed by atoms with Crippen LogP contribution < -0.4 is 20.1 Å². The van der Waals surface area contributed by atoms with E-state index in [1.165, 1.54) is 0 Å². The van der Waals surface area contributed by atoms with Crippen LogP contribution in [0.3, 0.4) is 0 Å². The van der Waals surface area contributed by atoms with Crippen molar-refractivity contribution in [2.24, 2.45) is 0 Å². The maximum Gasteiger partial charge on any atom is 0.257 e. The van der Waals surface area contributed by atoms with E-state index in [0.29, 0.717) is 39.7 Å². The zero-order valence-corrected chi connectivity index (χ0v) is 18.6. The van der Waals surface area contributed by atoms with Gasteiger partial charge in [0.1, 0.15) is 5.52 Å². The first-order valence-electron chi connectivity index (χ1n) is 9.79. The molecule has 0 aliphatic carbocycles. The Morgan fingerprint density at radius 3 is 2.44 bits per heavy atom. The van der Waals surface area contributed by atoms with E-state index in [-0.39, 0.29) is 11.0 Å². The Hall–Kier alpha value is -3.91. The van der Waals surface area contributed by atoms with E-state index in [4.69, 9.17) is 26.1 Å². The van der Waals surface area contributed by atoms with E-state index in [1.54, 1.807) is 44.6 Å². The number of aromatic nitrogens is 1. The topological polar surface area (TPSA) is 85.6 Å². The molecule has 0 aliphatic rings. The number of rotatable bonds is 5. The molecule has 4 rings (SSSR count). The van der Waals surface area contributed by atoms with E-state index in [1.807, 2.05) is 37.3 Å². The fraction of sp³-hybridized carbons (Fsp3) is 0.125. The summed E-state index contributed by atoms with van der Waals surface area (Å²) < 4.78 is 16.6. The number of aryl methyl sites for hydroxylation is 1. The van der Waals surface area contributed by atoms with Crippen LogP contribution in [0.4, 0.5) is 5.69 Å². The molecule has 7 nitrogen and oxygen atoms in total. The van der Waals surface area contributed by atoms with Gasteiger partial charge in [0.05, 0.1) is 14.2 Å². The minimum Gasteiger partial charge on any atom is -0.493 e. The third-order valence-corrected chi connectivity index (χ3v) is 5.02. The Morgan fingerprint density at radius 2 is 1.72 bits per heavy atom. The quantitative estimate of drug-likeness (QED) is 0.419. The summed E-state index contributed by atoms with van der Waals surface area (Å²) in [7, 11) is 3.16. The molecular formula is C24H21N3O4S. The van der Waals surface area contributed by atoms with Gasteiger partial charge in [0, 0.05) is 22.9 Å². The van der Waals surface area contributed by atoms with E-state index >= 15 is 0 Å². The molecule has 0 fully saturated rings. The van der Waals surface area contributed by atoms with Gasteiger partial charge in [-0.25, -0.2) is 4.98 Å². The molecule has 1 aromatic heterocycles. The molecule has 0 aliphatic heterocycles. The molecule has 0 unspecified atom stereocenters. The molecule has 0 radical (unpaired) electrons. The number of nitrogens with one attached hydrogen (secondary N) is 2. The van der Waals surface area contributed by atoms with E-state index in [0.717, 1.165) is 11.1 Å². The number of carbonyl (C=O) groups is 1. The monoisotopic (exact) mass is 447 g/mol. The number of nitrogens with zero attached hydrogens (tertiary/aromatic N) is 1. The van der Waals surface area contributed by atoms with Gasteiger partial charge in [-0.1, -0.05) is 17.7 Å². The molecule has 1 amide bonds. The summed E-state index contributed by atoms with van der Waals surface area (Å²) in [5, 5.41) is 5.87. The highest BCUT2D eigenvalue weighted by Crippen LogP contribution is 2.33. The summed E-state index contributed by atoms with van der Waals surface area (Å²) in [6.07, 6.45) is 0. The van der Waals surface area contributed by atoms with Crippen LogP contribution in [-0.4, -0.2) is 30.2 Å². The Kier molecular flexibility index (Phi) is 6.04. The van der Waals surface area contributed by atoms with E-state index in [9.17, 15) is 4.79 Å². The minimum absolute atomic E-state index is 0.189. The number of methoxy groups -OCH3 is 2. The first-order chi connectivity index (χ1) is 15.5. The number of oxazole rings is 1. The summed E-state index contributed by atoms with van der Waals surface area (Å²) in [5.41, 5.74) is 4.30. The lowest BCUT2D eigenvalue weighted by Crippen LogP contribution is -2.34. The third-order valence-electron chi connectivity index (χ3n) is 4.82. The lowest BCUT2D eigenvalue weighted by molar-refractivity contribution is 0.0977. The van der Waals surface area contributed by atoms with E-state index in [2.05, 4.69) is 15.6 Å². The third kappa shape index (κ3) is 4.55. The fourth-order valence-corrected chi connectivity index (χ4v) is 3.35. The summed E-state index contributed by atoms with van der Waals surface area (Å²) in [6, 6.07) is 18.1. The Bertz CT molecular complexity index is 1300. The van der Waals surface area contributed by atoms with Crippen molar-refractivity contribution in [3.05, 3.63) is 71.8 Å². The van der Waals surface area contributed by atoms with Gasteiger partial charge in [-0.3, -0.25) is 10.1 Å². The highest BCUT2D eigenvalue weighted by Gasteiger charge is 2.13. The second kappa shape index (κ2) is 9.07. The lowest BCUT2D eigenvalue weighted by atomic mass is 10.1. The molecule has 162 valence electrons. The van der Waals surface area contributed by atoms with Crippen molar-refractivity contribution in [2.75, 3.05) is 19.5 Å². The molecule has 2 N–H and O–H groups in total. The van der Waals surface area contributed by atoms with Crippen LogP contribution >= 0.6 is 12.2 Å². The number of carbonyl (C=O) groups excluding carboxylic acids is 1. The maximum absolute atomic E-state index is 12.3. The van der Waals surface area contributed by atoms with Crippen molar-refractivity contribution in [1.82, 2.24) is 10.3 Å². The Balaban J connectivity index is 1.50. The predicted molar refractivity (Wildman–Crippen MR) is 127 cm³/mol. The number of anilines is 1. The van der Waals surface area contributed by atoms with Crippen LogP contribution in [-0.2, 0) is 0 Å². The average Bonchev–Trinajstić information content (AvgIpc) is 3.22. The zero-order valence-electron chi connectivity index (χ0n) is 17.8. The largest absolute Gasteiger partial charge is 0.493 e. The molecule has 3 aromatic carbocycles. The molecule has 8 heteroatoms. The van der Waals surface area contributed by atoms with Gasteiger partial charge >= 0.3 is 0 Å². The van der Waals surface area contributed by atoms with Crippen LogP contribution in [0.1, 0.15) is 15.9 Å². The van der Waals surface area contributed by atoms with Crippen LogP contribution in [0.5, 0.6) is 11.5 Å². The molecule has 0 saturated carbocycles. The van der Waals surface area contributed by atoms with Crippen molar-refractivity contribution in [3.63, 3.8) is 0 Å². The predicted octanol–water partition coefficient (Wildman–Crippen LogP) is 4.95. The summed E-state index contributed by atoms with van der Waals surface area (Å²) in [5.74, 6) is 1.39. The van der Waals surface area contributed by atoms with Crippen LogP contribution in [0.2, 0.25) is 0 Å². The van der Waals surface area contributed by atoms with Crippen molar-refractivity contribution in [3.8, 4) is 23.0 Å². The molecule has 0 saturated heterocycles. The number of hydrogen-bond acceptors (Lipinski definition) is 6. The van der Waals surface area contributed by atoms with Crippen molar-refractivity contribution >= 4 is 40.0 Å². The van der Waals surface area contributed by atoms with Crippen molar-refractivity contribution < 1.29 is 18.7 Å². The van der Waals surface area contributed by atoms with Crippen LogP contribution in [0.25, 0.3) is 22.6 Å². The first kappa shape index (κ1) is 21.3. The number of fused-ring (bicyclic) bond motifs is 1. The fourth-order valence-electron chi connectivity index (χ4n) is 3.14. The number of amides is 1. The SMILES string of the molecule is COc1ccc(-c2nc3ccc(NC(=S)NC(=O)c4ccc(C)cc4)cc3o2)cc1OC. The molecule has 1 heterocycles. The lowest BCUT2D eigenvalue weighted by Gasteiger charge is -2.09. The van der Waals surface area contributed by atoms with Crippen molar-refractivity contribution in [1.29, 1.82) is 0 Å². The van der Waals surface area contributed by atoms with Gasteiger partial charge < -0.3 is 19.2 Å². The smallest absolute Gasteiger partial charge is 0.257 e. The zero-order chi connectivity index (χ0) is 22.7. The second-order valence-corrected chi connectivity index (χ2v) is 7.45. The van der Waals surface area contributed by atoms with Gasteiger partial charge in [-0.15, -0.1) is 0 Å². The molecular weight excluding hydrogens is 426 g/mol. The number of thiocarbonyl (C=S) groups is 1. The highest BCUT2D eigenvalue weighted by atomic mass is 32.1. The summed E-state index contributed by atoms with van der Waals surface area (Å²) >= 11 is 5.28. The normalized spacial score (nSPS) is 10.6. The standard InChI is InChI=1S/C24H21N3O4S/c1-14-4-6-15(7-5-14)22(28)27-24(32)25-17-9-10-18-20(13-17)31-23(26-18)16-8-11-19(29-2)21(12-16)30-3/h4-13H,1-3H3,(H2,25,27,28,32). The minimum atomic E-state index is -0.279. The Labute approximate surface area is 190 Å². The highest BCUT2D eigenvalue weighted by molar-refractivity contribution is 7.80. The molecule has 0 atom stereocenters. The maximum atomic E-state index is 12.3. The Morgan fingerprint density at radius 1 is 0.969 bits per heavy atom. The van der Waals surface area contributed by atoms with Crippen molar-refractivity contribution in [2.45, 2.75) is 6.92 Å². The number of benzene rings is 3. The molecule has 0 spiro atoms. The summed E-state index contributed by atoms with van der Waals surface area (Å²) in [4.78, 5) is 16.9. The van der Waals surface area contributed by atoms with Gasteiger partial charge in [0.15, 0.2) is 22.2 Å². The number of ether oxygens (including phenoxy) is 2. The van der Waals surface area contributed by atoms with Crippen LogP contribution in [0, 0.1) is 6.92 Å². The average molecular weight is 448 g/mol. The first-order valence-corrected chi connectivity index (χ1v) is 10.2. The number of hydrogen-bond donors (Lipinski definition) is 2. The van der Waals surface area contributed by atoms with Crippen LogP contribution in [0.15, 0.2) is 65.1 Å². The van der Waals surface area contributed by atoms with Gasteiger partial charge in [-0.2, -0.15) is 0 Å². The summed E-state index contributed by atoms with van der Waals surface area (Å²) in [6.45, 7) is 1.96. The second-order valence-electron chi connectivity index (χ2n) is 7.05. The van der Waals surface area contributed by atoms with E-state index < -0.39 is 0 Å². The molecule has 4 aromatic rings. The van der Waals surface area contributed by atoms with Gasteiger partial charge in [-0.05, 0) is 61.6 Å². The van der Waals surface area contributed by atoms with Gasteiger partial charge in [0.2, 0.25) is 5.89 Å². The molecule has 32 heavy (non-hydrogen) atoms. The molecule has 0 bridgehead atoms. The van der Waals surface area contributed by atoms with Gasteiger partial charge in [0.25, 0.3) is 5.91 Å².